The summed E-state index contributed by atoms with van der Waals surface area (Å²) < 4.78 is 25.6. The second kappa shape index (κ2) is 7.47. The molecule has 0 radical (unpaired) electrons. The molecule has 6 nitrogen and oxygen atoms in total. The van der Waals surface area contributed by atoms with Crippen LogP contribution in [0.25, 0.3) is 0 Å². The van der Waals surface area contributed by atoms with Crippen LogP contribution in [0, 0.1) is 0 Å². The third kappa shape index (κ3) is 4.05. The van der Waals surface area contributed by atoms with Crippen molar-refractivity contribution >= 4 is 21.7 Å². The van der Waals surface area contributed by atoms with Crippen LogP contribution in [0.3, 0.4) is 0 Å². The number of nitrogens with one attached hydrogen (secondary N) is 1. The first-order valence-corrected chi connectivity index (χ1v) is 10.0. The number of anilines is 1. The van der Waals surface area contributed by atoms with Gasteiger partial charge in [-0.3, -0.25) is 0 Å². The molecule has 138 valence electrons. The number of aryl methyl sites for hydroxylation is 2. The lowest BCUT2D eigenvalue weighted by Gasteiger charge is -2.12. The Balaban J connectivity index is 1.69. The zero-order valence-electron chi connectivity index (χ0n) is 15.1. The van der Waals surface area contributed by atoms with Gasteiger partial charge in [0.2, 0.25) is 10.0 Å². The Kier molecular flexibility index (Phi) is 5.29. The Labute approximate surface area is 154 Å². The van der Waals surface area contributed by atoms with Crippen LogP contribution < -0.4 is 11.1 Å². The quantitative estimate of drug-likeness (QED) is 0.623. The molecule has 0 amide bonds. The van der Waals surface area contributed by atoms with Crippen molar-refractivity contribution in [2.24, 2.45) is 10.7 Å². The molecule has 0 fully saturated rings. The number of benzene rings is 2. The number of guanidine groups is 1. The minimum Gasteiger partial charge on any atom is -0.370 e. The molecular formula is C19H24N4O2S. The first-order chi connectivity index (χ1) is 12.4. The van der Waals surface area contributed by atoms with Gasteiger partial charge in [0.05, 0.1) is 11.4 Å². The maximum absolute atomic E-state index is 12.2. The molecule has 1 aliphatic rings. The highest BCUT2D eigenvalue weighted by molar-refractivity contribution is 7.89. The number of nitrogens with zero attached hydrogens (tertiary/aromatic N) is 2. The Bertz CT molecular complexity index is 936. The average molecular weight is 372 g/mol. The molecule has 0 bridgehead atoms. The number of aliphatic imine (C=N–C) groups is 1. The third-order valence-corrected chi connectivity index (χ3v) is 6.29. The van der Waals surface area contributed by atoms with Crippen molar-refractivity contribution in [3.05, 3.63) is 59.2 Å². The van der Waals surface area contributed by atoms with Crippen molar-refractivity contribution in [1.29, 1.82) is 0 Å². The second-order valence-electron chi connectivity index (χ2n) is 6.60. The minimum absolute atomic E-state index is 0.250. The Hall–Kier alpha value is -2.38. The fourth-order valence-electron chi connectivity index (χ4n) is 3.03. The molecule has 1 aliphatic carbocycles. The fourth-order valence-corrected chi connectivity index (χ4v) is 4.00. The van der Waals surface area contributed by atoms with Gasteiger partial charge in [0.15, 0.2) is 5.96 Å². The number of hydrogen-bond donors (Lipinski definition) is 2. The first-order valence-electron chi connectivity index (χ1n) is 8.56. The van der Waals surface area contributed by atoms with Crippen LogP contribution in [0.2, 0.25) is 0 Å². The Morgan fingerprint density at radius 3 is 2.69 bits per heavy atom. The SMILES string of the molecule is CN(C)S(=O)(=O)c1cccc(CN=C(N)Nc2ccc3c(c2)CCC3)c1. The van der Waals surface area contributed by atoms with E-state index in [4.69, 9.17) is 5.73 Å². The normalized spacial score (nSPS) is 14.5. The summed E-state index contributed by atoms with van der Waals surface area (Å²) >= 11 is 0. The predicted molar refractivity (Wildman–Crippen MR) is 105 cm³/mol. The van der Waals surface area contributed by atoms with Gasteiger partial charge in [-0.05, 0) is 60.2 Å². The summed E-state index contributed by atoms with van der Waals surface area (Å²) in [5.41, 5.74) is 10.5. The molecule has 0 heterocycles. The van der Waals surface area contributed by atoms with Crippen molar-refractivity contribution in [2.75, 3.05) is 19.4 Å². The van der Waals surface area contributed by atoms with E-state index in [9.17, 15) is 8.42 Å². The first kappa shape index (κ1) is 18.4. The zero-order chi connectivity index (χ0) is 18.7. The molecule has 3 N–H and O–H groups in total. The highest BCUT2D eigenvalue weighted by atomic mass is 32.2. The largest absolute Gasteiger partial charge is 0.370 e. The van der Waals surface area contributed by atoms with E-state index in [1.54, 1.807) is 18.2 Å². The molecule has 0 aromatic heterocycles. The monoisotopic (exact) mass is 372 g/mol. The molecule has 0 aliphatic heterocycles. The number of hydrogen-bond acceptors (Lipinski definition) is 3. The highest BCUT2D eigenvalue weighted by Crippen LogP contribution is 2.24. The molecule has 0 saturated carbocycles. The van der Waals surface area contributed by atoms with Gasteiger partial charge in [-0.25, -0.2) is 17.7 Å². The van der Waals surface area contributed by atoms with E-state index in [0.717, 1.165) is 24.1 Å². The van der Waals surface area contributed by atoms with Crippen LogP contribution in [0.1, 0.15) is 23.1 Å². The molecule has 3 rings (SSSR count). The Morgan fingerprint density at radius 1 is 1.15 bits per heavy atom. The molecule has 0 saturated heterocycles. The molecular weight excluding hydrogens is 348 g/mol. The molecule has 0 spiro atoms. The maximum Gasteiger partial charge on any atom is 0.242 e. The second-order valence-corrected chi connectivity index (χ2v) is 8.75. The van der Waals surface area contributed by atoms with Crippen LogP contribution in [-0.2, 0) is 29.4 Å². The zero-order valence-corrected chi connectivity index (χ0v) is 15.9. The number of nitrogens with two attached hydrogens (primary N) is 1. The number of rotatable bonds is 5. The van der Waals surface area contributed by atoms with E-state index in [1.165, 1.54) is 35.9 Å². The summed E-state index contributed by atoms with van der Waals surface area (Å²) in [7, 11) is -0.429. The number of fused-ring (bicyclic) bond motifs is 1. The van der Waals surface area contributed by atoms with Crippen molar-refractivity contribution in [1.82, 2.24) is 4.31 Å². The van der Waals surface area contributed by atoms with Crippen molar-refractivity contribution < 1.29 is 8.42 Å². The number of sulfonamides is 1. The van der Waals surface area contributed by atoms with Crippen molar-refractivity contribution in [3.8, 4) is 0 Å². The molecule has 2 aromatic carbocycles. The van der Waals surface area contributed by atoms with Gasteiger partial charge in [0.1, 0.15) is 0 Å². The van der Waals surface area contributed by atoms with E-state index in [-0.39, 0.29) is 4.90 Å². The van der Waals surface area contributed by atoms with E-state index in [1.807, 2.05) is 12.1 Å². The average Bonchev–Trinajstić information content (AvgIpc) is 3.08. The summed E-state index contributed by atoms with van der Waals surface area (Å²) in [6, 6.07) is 13.0. The van der Waals surface area contributed by atoms with Crippen molar-refractivity contribution in [2.45, 2.75) is 30.7 Å². The Morgan fingerprint density at radius 2 is 1.92 bits per heavy atom. The molecule has 7 heteroatoms. The van der Waals surface area contributed by atoms with Gasteiger partial charge in [-0.2, -0.15) is 0 Å². The van der Waals surface area contributed by atoms with Crippen LogP contribution in [0.4, 0.5) is 5.69 Å². The lowest BCUT2D eigenvalue weighted by molar-refractivity contribution is 0.520. The van der Waals surface area contributed by atoms with E-state index in [0.29, 0.717) is 12.5 Å². The van der Waals surface area contributed by atoms with Gasteiger partial charge in [0.25, 0.3) is 0 Å². The van der Waals surface area contributed by atoms with Crippen molar-refractivity contribution in [3.63, 3.8) is 0 Å². The highest BCUT2D eigenvalue weighted by Gasteiger charge is 2.17. The van der Waals surface area contributed by atoms with Gasteiger partial charge < -0.3 is 11.1 Å². The summed E-state index contributed by atoms with van der Waals surface area (Å²) in [6.45, 7) is 0.306. The van der Waals surface area contributed by atoms with Crippen LogP contribution in [0.5, 0.6) is 0 Å². The van der Waals surface area contributed by atoms with Gasteiger partial charge >= 0.3 is 0 Å². The van der Waals surface area contributed by atoms with Crippen LogP contribution in [-0.4, -0.2) is 32.8 Å². The standard InChI is InChI=1S/C19H24N4O2S/c1-23(2)26(24,25)18-8-3-5-14(11-18)13-21-19(20)22-17-10-9-15-6-4-7-16(15)12-17/h3,5,8-12H,4,6-7,13H2,1-2H3,(H3,20,21,22). The van der Waals surface area contributed by atoms with Crippen LogP contribution in [0.15, 0.2) is 52.4 Å². The predicted octanol–water partition coefficient (Wildman–Crippen LogP) is 2.35. The maximum atomic E-state index is 12.2. The lowest BCUT2D eigenvalue weighted by Crippen LogP contribution is -2.23. The summed E-state index contributed by atoms with van der Waals surface area (Å²) in [4.78, 5) is 4.58. The topological polar surface area (TPSA) is 87.8 Å². The van der Waals surface area contributed by atoms with Gasteiger partial charge in [0, 0.05) is 19.8 Å². The summed E-state index contributed by atoms with van der Waals surface area (Å²) in [5, 5.41) is 3.11. The third-order valence-electron chi connectivity index (χ3n) is 4.48. The molecule has 0 atom stereocenters. The smallest absolute Gasteiger partial charge is 0.242 e. The molecule has 0 unspecified atom stereocenters. The van der Waals surface area contributed by atoms with E-state index < -0.39 is 10.0 Å². The van der Waals surface area contributed by atoms with Gasteiger partial charge in [-0.1, -0.05) is 18.2 Å². The fraction of sp³-hybridized carbons (Fsp3) is 0.316. The molecule has 2 aromatic rings. The van der Waals surface area contributed by atoms with E-state index in [2.05, 4.69) is 22.4 Å². The van der Waals surface area contributed by atoms with Crippen LogP contribution >= 0.6 is 0 Å². The lowest BCUT2D eigenvalue weighted by atomic mass is 10.1. The van der Waals surface area contributed by atoms with Gasteiger partial charge in [-0.15, -0.1) is 0 Å². The summed E-state index contributed by atoms with van der Waals surface area (Å²) in [5.74, 6) is 0.309. The minimum atomic E-state index is -3.45. The summed E-state index contributed by atoms with van der Waals surface area (Å²) in [6.07, 6.45) is 3.45. The van der Waals surface area contributed by atoms with E-state index >= 15 is 0 Å². The molecule has 26 heavy (non-hydrogen) atoms.